The van der Waals surface area contributed by atoms with Crippen molar-refractivity contribution in [1.82, 2.24) is 5.01 Å². The Balaban J connectivity index is 1.63. The van der Waals surface area contributed by atoms with E-state index in [1.54, 1.807) is 13.2 Å². The molecular weight excluding hydrogens is 382 g/mol. The molecule has 0 aromatic heterocycles. The molecule has 7 nitrogen and oxygen atoms in total. The first-order valence-electron chi connectivity index (χ1n) is 9.65. The van der Waals surface area contributed by atoms with E-state index >= 15 is 0 Å². The third-order valence-electron chi connectivity index (χ3n) is 5.47. The molecule has 5 rings (SSSR count). The van der Waals surface area contributed by atoms with Gasteiger partial charge < -0.3 is 9.47 Å². The minimum Gasteiger partial charge on any atom is -0.493 e. The summed E-state index contributed by atoms with van der Waals surface area (Å²) in [5.41, 5.74) is 3.68. The van der Waals surface area contributed by atoms with Crippen molar-refractivity contribution in [2.75, 3.05) is 7.11 Å². The van der Waals surface area contributed by atoms with Crippen LogP contribution in [0.2, 0.25) is 0 Å². The van der Waals surface area contributed by atoms with Gasteiger partial charge in [0, 0.05) is 29.7 Å². The molecular formula is C23H19N3O4. The Bertz CT molecular complexity index is 1150. The van der Waals surface area contributed by atoms with Gasteiger partial charge in [-0.05, 0) is 11.6 Å². The fourth-order valence-corrected chi connectivity index (χ4v) is 4.06. The zero-order valence-electron chi connectivity index (χ0n) is 16.3. The molecule has 0 saturated carbocycles. The molecule has 3 aromatic carbocycles. The number of hydrogen-bond donors (Lipinski definition) is 0. The van der Waals surface area contributed by atoms with E-state index < -0.39 is 11.2 Å². The van der Waals surface area contributed by atoms with Crippen LogP contribution in [0, 0.1) is 10.1 Å². The maximum absolute atomic E-state index is 11.3. The summed E-state index contributed by atoms with van der Waals surface area (Å²) in [6.07, 6.45) is 0.110. The summed E-state index contributed by atoms with van der Waals surface area (Å²) >= 11 is 0. The second kappa shape index (κ2) is 7.18. The lowest BCUT2D eigenvalue weighted by atomic mass is 9.95. The topological polar surface area (TPSA) is 77.2 Å². The number of hydrazone groups is 1. The molecule has 30 heavy (non-hydrogen) atoms. The van der Waals surface area contributed by atoms with Crippen LogP contribution in [0.4, 0.5) is 5.69 Å². The molecule has 0 amide bonds. The van der Waals surface area contributed by atoms with Gasteiger partial charge in [0.15, 0.2) is 11.5 Å². The molecule has 0 unspecified atom stereocenters. The van der Waals surface area contributed by atoms with E-state index in [4.69, 9.17) is 14.6 Å². The van der Waals surface area contributed by atoms with E-state index in [1.165, 1.54) is 12.1 Å². The highest BCUT2D eigenvalue weighted by atomic mass is 16.6. The van der Waals surface area contributed by atoms with Crippen molar-refractivity contribution >= 4 is 11.4 Å². The van der Waals surface area contributed by atoms with Gasteiger partial charge in [0.2, 0.25) is 6.23 Å². The third kappa shape index (κ3) is 2.95. The average Bonchev–Trinajstić information content (AvgIpc) is 3.24. The van der Waals surface area contributed by atoms with Gasteiger partial charge in [-0.3, -0.25) is 10.1 Å². The Labute approximate surface area is 173 Å². The number of non-ortho nitro benzene ring substituents is 1. The summed E-state index contributed by atoms with van der Waals surface area (Å²) in [7, 11) is 1.61. The number of fused-ring (bicyclic) bond motifs is 3. The van der Waals surface area contributed by atoms with Gasteiger partial charge in [-0.15, -0.1) is 0 Å². The number of nitrogens with zero attached hydrogens (tertiary/aromatic N) is 3. The third-order valence-corrected chi connectivity index (χ3v) is 5.47. The molecule has 0 spiro atoms. The zero-order chi connectivity index (χ0) is 20.7. The summed E-state index contributed by atoms with van der Waals surface area (Å²) in [6.45, 7) is 0. The molecule has 2 aliphatic rings. The van der Waals surface area contributed by atoms with Crippen LogP contribution in [0.5, 0.6) is 11.5 Å². The highest BCUT2D eigenvalue weighted by Crippen LogP contribution is 2.50. The molecule has 2 atom stereocenters. The van der Waals surface area contributed by atoms with E-state index in [2.05, 4.69) is 0 Å². The molecule has 150 valence electrons. The maximum Gasteiger partial charge on any atom is 0.269 e. The first kappa shape index (κ1) is 18.2. The number of ether oxygens (including phenoxy) is 2. The van der Waals surface area contributed by atoms with E-state index in [1.807, 2.05) is 59.6 Å². The number of nitro groups is 1. The molecule has 0 radical (unpaired) electrons. The molecule has 0 aliphatic carbocycles. The van der Waals surface area contributed by atoms with Crippen LogP contribution in [0.25, 0.3) is 0 Å². The second-order valence-corrected chi connectivity index (χ2v) is 7.21. The number of hydrogen-bond acceptors (Lipinski definition) is 6. The highest BCUT2D eigenvalue weighted by Gasteiger charge is 2.42. The standard InChI is InChI=1S/C23H19N3O4/c1-29-21-12-6-11-18-20-14-19(15-7-3-2-4-8-15)24-25(20)23(30-22(18)21)16-9-5-10-17(13-16)26(27)28/h2-13,20,23H,14H2,1H3/t20-,23-/m1/s1. The SMILES string of the molecule is COc1cccc2c1O[C@H](c1cccc([N+](=O)[O-])c1)N1N=C(c3ccccc3)C[C@H]21. The quantitative estimate of drug-likeness (QED) is 0.462. The summed E-state index contributed by atoms with van der Waals surface area (Å²) in [4.78, 5) is 10.9. The van der Waals surface area contributed by atoms with Crippen LogP contribution in [0.3, 0.4) is 0 Å². The largest absolute Gasteiger partial charge is 0.493 e. The number of rotatable bonds is 4. The summed E-state index contributed by atoms with van der Waals surface area (Å²) in [6, 6.07) is 22.3. The Morgan fingerprint density at radius 2 is 1.90 bits per heavy atom. The zero-order valence-corrected chi connectivity index (χ0v) is 16.3. The fourth-order valence-electron chi connectivity index (χ4n) is 4.06. The fraction of sp³-hybridized carbons (Fsp3) is 0.174. The van der Waals surface area contributed by atoms with Gasteiger partial charge in [-0.1, -0.05) is 54.6 Å². The maximum atomic E-state index is 11.3. The van der Waals surface area contributed by atoms with Gasteiger partial charge >= 0.3 is 0 Å². The second-order valence-electron chi connectivity index (χ2n) is 7.21. The minimum absolute atomic E-state index is 0.0185. The first-order chi connectivity index (χ1) is 14.7. The van der Waals surface area contributed by atoms with Crippen molar-refractivity contribution in [3.63, 3.8) is 0 Å². The van der Waals surface area contributed by atoms with E-state index in [0.29, 0.717) is 23.5 Å². The van der Waals surface area contributed by atoms with Crippen LogP contribution in [-0.4, -0.2) is 22.8 Å². The Morgan fingerprint density at radius 3 is 2.67 bits per heavy atom. The normalized spacial score (nSPS) is 19.4. The molecule has 7 heteroatoms. The molecule has 0 fully saturated rings. The molecule has 0 bridgehead atoms. The van der Waals surface area contributed by atoms with Crippen molar-refractivity contribution in [1.29, 1.82) is 0 Å². The van der Waals surface area contributed by atoms with Crippen LogP contribution in [0.1, 0.15) is 35.4 Å². The minimum atomic E-state index is -0.597. The van der Waals surface area contributed by atoms with Crippen molar-refractivity contribution in [3.8, 4) is 11.5 Å². The van der Waals surface area contributed by atoms with Crippen molar-refractivity contribution < 1.29 is 14.4 Å². The number of methoxy groups -OCH3 is 1. The Hall–Kier alpha value is -3.87. The summed E-state index contributed by atoms with van der Waals surface area (Å²) < 4.78 is 11.9. The van der Waals surface area contributed by atoms with E-state index in [-0.39, 0.29) is 11.7 Å². The lowest BCUT2D eigenvalue weighted by molar-refractivity contribution is -0.385. The number of benzene rings is 3. The Morgan fingerprint density at radius 1 is 1.10 bits per heavy atom. The smallest absolute Gasteiger partial charge is 0.269 e. The van der Waals surface area contributed by atoms with Crippen LogP contribution in [0.15, 0.2) is 77.9 Å². The summed E-state index contributed by atoms with van der Waals surface area (Å²) in [5, 5.41) is 18.1. The predicted molar refractivity (Wildman–Crippen MR) is 112 cm³/mol. The Kier molecular flexibility index (Phi) is 4.35. The van der Waals surface area contributed by atoms with Gasteiger partial charge in [-0.2, -0.15) is 5.10 Å². The predicted octanol–water partition coefficient (Wildman–Crippen LogP) is 4.85. The molecule has 0 N–H and O–H groups in total. The van der Waals surface area contributed by atoms with Crippen LogP contribution in [-0.2, 0) is 0 Å². The van der Waals surface area contributed by atoms with Crippen LogP contribution >= 0.6 is 0 Å². The van der Waals surface area contributed by atoms with Gasteiger partial charge in [0.25, 0.3) is 5.69 Å². The first-order valence-corrected chi connectivity index (χ1v) is 9.65. The van der Waals surface area contributed by atoms with Crippen molar-refractivity contribution in [3.05, 3.63) is 99.6 Å². The lowest BCUT2D eigenvalue weighted by Gasteiger charge is -2.38. The molecule has 0 saturated heterocycles. The van der Waals surface area contributed by atoms with E-state index in [9.17, 15) is 10.1 Å². The monoisotopic (exact) mass is 401 g/mol. The molecule has 2 heterocycles. The highest BCUT2D eigenvalue weighted by molar-refractivity contribution is 6.01. The van der Waals surface area contributed by atoms with E-state index in [0.717, 1.165) is 16.8 Å². The van der Waals surface area contributed by atoms with Crippen LogP contribution < -0.4 is 9.47 Å². The average molecular weight is 401 g/mol. The van der Waals surface area contributed by atoms with Crippen molar-refractivity contribution in [2.45, 2.75) is 18.7 Å². The van der Waals surface area contributed by atoms with Crippen molar-refractivity contribution in [2.24, 2.45) is 5.10 Å². The summed E-state index contributed by atoms with van der Waals surface area (Å²) in [5.74, 6) is 1.29. The molecule has 2 aliphatic heterocycles. The van der Waals surface area contributed by atoms with Gasteiger partial charge in [0.1, 0.15) is 0 Å². The molecule has 3 aromatic rings. The lowest BCUT2D eigenvalue weighted by Crippen LogP contribution is -2.33. The van der Waals surface area contributed by atoms with Gasteiger partial charge in [0.05, 0.1) is 23.8 Å². The number of nitro benzene ring substituents is 1. The van der Waals surface area contributed by atoms with Gasteiger partial charge in [-0.25, -0.2) is 5.01 Å². The number of para-hydroxylation sites is 1.